The standard InChI is InChI=1S/C15H15NOS/c1-3-4-13-5-6-14(16(13)2)7-8-15(17)12-9-10-18-11-12/h3-11H,1-2H3/b4-3+,8-7+. The molecular formula is C15H15NOS. The Morgan fingerprint density at radius 2 is 1.94 bits per heavy atom. The lowest BCUT2D eigenvalue weighted by molar-refractivity contribution is 0.104. The van der Waals surface area contributed by atoms with Crippen LogP contribution in [0.15, 0.2) is 41.1 Å². The molecule has 0 N–H and O–H groups in total. The highest BCUT2D eigenvalue weighted by atomic mass is 32.1. The second-order valence-electron chi connectivity index (χ2n) is 3.95. The van der Waals surface area contributed by atoms with Gasteiger partial charge >= 0.3 is 0 Å². The fraction of sp³-hybridized carbons (Fsp3) is 0.133. The van der Waals surface area contributed by atoms with Gasteiger partial charge < -0.3 is 4.57 Å². The van der Waals surface area contributed by atoms with E-state index < -0.39 is 0 Å². The lowest BCUT2D eigenvalue weighted by atomic mass is 10.2. The molecule has 0 atom stereocenters. The normalized spacial score (nSPS) is 11.7. The molecule has 3 heteroatoms. The van der Waals surface area contributed by atoms with Crippen LogP contribution in [0.4, 0.5) is 0 Å². The molecule has 0 amide bonds. The fourth-order valence-corrected chi connectivity index (χ4v) is 2.36. The number of rotatable bonds is 4. The SMILES string of the molecule is C/C=C/c1ccc(/C=C/C(=O)c2ccsc2)n1C. The highest BCUT2D eigenvalue weighted by Gasteiger charge is 2.02. The van der Waals surface area contributed by atoms with E-state index in [4.69, 9.17) is 0 Å². The molecule has 2 nitrogen and oxygen atoms in total. The summed E-state index contributed by atoms with van der Waals surface area (Å²) in [6.07, 6.45) is 7.52. The Morgan fingerprint density at radius 3 is 2.56 bits per heavy atom. The third kappa shape index (κ3) is 2.68. The van der Waals surface area contributed by atoms with Crippen molar-refractivity contribution >= 4 is 29.3 Å². The maximum Gasteiger partial charge on any atom is 0.186 e. The molecule has 0 saturated carbocycles. The molecule has 2 aromatic rings. The second-order valence-corrected chi connectivity index (χ2v) is 4.73. The van der Waals surface area contributed by atoms with E-state index in [-0.39, 0.29) is 5.78 Å². The number of nitrogens with zero attached hydrogens (tertiary/aromatic N) is 1. The molecule has 2 heterocycles. The Balaban J connectivity index is 2.17. The van der Waals surface area contributed by atoms with Crippen LogP contribution in [-0.4, -0.2) is 10.4 Å². The van der Waals surface area contributed by atoms with Gasteiger partial charge in [-0.3, -0.25) is 4.79 Å². The summed E-state index contributed by atoms with van der Waals surface area (Å²) in [6.45, 7) is 1.99. The van der Waals surface area contributed by atoms with Crippen LogP contribution in [0.3, 0.4) is 0 Å². The molecule has 0 aliphatic rings. The summed E-state index contributed by atoms with van der Waals surface area (Å²) >= 11 is 1.53. The first-order chi connectivity index (χ1) is 8.72. The number of hydrogen-bond donors (Lipinski definition) is 0. The van der Waals surface area contributed by atoms with Crippen LogP contribution in [0, 0.1) is 0 Å². The average Bonchev–Trinajstić information content (AvgIpc) is 2.99. The van der Waals surface area contributed by atoms with Crippen LogP contribution in [0.5, 0.6) is 0 Å². The third-order valence-corrected chi connectivity index (χ3v) is 3.43. The number of hydrogen-bond acceptors (Lipinski definition) is 2. The first kappa shape index (κ1) is 12.6. The summed E-state index contributed by atoms with van der Waals surface area (Å²) < 4.78 is 2.05. The molecule has 0 spiro atoms. The lowest BCUT2D eigenvalue weighted by Crippen LogP contribution is -1.95. The van der Waals surface area contributed by atoms with Gasteiger partial charge in [-0.25, -0.2) is 0 Å². The van der Waals surface area contributed by atoms with Crippen LogP contribution in [0.1, 0.15) is 28.7 Å². The van der Waals surface area contributed by atoms with Crippen molar-refractivity contribution in [3.8, 4) is 0 Å². The second kappa shape index (κ2) is 5.65. The Kier molecular flexibility index (Phi) is 3.95. The molecule has 0 unspecified atom stereocenters. The molecule has 0 bridgehead atoms. The zero-order chi connectivity index (χ0) is 13.0. The van der Waals surface area contributed by atoms with Crippen molar-refractivity contribution in [2.75, 3.05) is 0 Å². The minimum atomic E-state index is 0.0463. The van der Waals surface area contributed by atoms with Crippen LogP contribution in [-0.2, 0) is 7.05 Å². The van der Waals surface area contributed by atoms with Crippen molar-refractivity contribution in [3.05, 3.63) is 58.1 Å². The number of ketones is 1. The van der Waals surface area contributed by atoms with Gasteiger partial charge in [-0.1, -0.05) is 6.08 Å². The first-order valence-electron chi connectivity index (χ1n) is 5.75. The summed E-state index contributed by atoms with van der Waals surface area (Å²) in [5.41, 5.74) is 2.89. The monoisotopic (exact) mass is 257 g/mol. The van der Waals surface area contributed by atoms with Crippen molar-refractivity contribution in [2.24, 2.45) is 7.05 Å². The molecule has 0 fully saturated rings. The molecule has 92 valence electrons. The predicted molar refractivity (Wildman–Crippen MR) is 77.8 cm³/mol. The van der Waals surface area contributed by atoms with Gasteiger partial charge in [0.15, 0.2) is 5.78 Å². The molecule has 18 heavy (non-hydrogen) atoms. The summed E-state index contributed by atoms with van der Waals surface area (Å²) in [5.74, 6) is 0.0463. The van der Waals surface area contributed by atoms with Gasteiger partial charge in [-0.15, -0.1) is 0 Å². The van der Waals surface area contributed by atoms with E-state index in [1.165, 1.54) is 11.3 Å². The molecular weight excluding hydrogens is 242 g/mol. The molecule has 0 radical (unpaired) electrons. The zero-order valence-electron chi connectivity index (χ0n) is 10.5. The smallest absolute Gasteiger partial charge is 0.186 e. The van der Waals surface area contributed by atoms with Gasteiger partial charge in [0, 0.05) is 29.4 Å². The minimum absolute atomic E-state index is 0.0463. The van der Waals surface area contributed by atoms with E-state index in [2.05, 4.69) is 4.57 Å². The highest BCUT2D eigenvalue weighted by Crippen LogP contribution is 2.12. The van der Waals surface area contributed by atoms with E-state index in [9.17, 15) is 4.79 Å². The van der Waals surface area contributed by atoms with Gasteiger partial charge in [0.2, 0.25) is 0 Å². The summed E-state index contributed by atoms with van der Waals surface area (Å²) in [6, 6.07) is 5.88. The summed E-state index contributed by atoms with van der Waals surface area (Å²) in [4.78, 5) is 11.8. The Morgan fingerprint density at radius 1 is 1.22 bits per heavy atom. The lowest BCUT2D eigenvalue weighted by Gasteiger charge is -2.00. The summed E-state index contributed by atoms with van der Waals surface area (Å²) in [5, 5.41) is 3.77. The molecule has 0 aliphatic carbocycles. The van der Waals surface area contributed by atoms with Gasteiger partial charge in [0.05, 0.1) is 0 Å². The van der Waals surface area contributed by atoms with E-state index in [1.807, 2.05) is 61.2 Å². The van der Waals surface area contributed by atoms with Gasteiger partial charge in [-0.05, 0) is 48.7 Å². The molecule has 0 aliphatic heterocycles. The van der Waals surface area contributed by atoms with E-state index in [1.54, 1.807) is 6.08 Å². The van der Waals surface area contributed by atoms with Crippen molar-refractivity contribution in [3.63, 3.8) is 0 Å². The number of allylic oxidation sites excluding steroid dienone is 2. The number of carbonyl (C=O) groups is 1. The summed E-state index contributed by atoms with van der Waals surface area (Å²) in [7, 11) is 1.99. The van der Waals surface area contributed by atoms with Crippen molar-refractivity contribution in [1.29, 1.82) is 0 Å². The minimum Gasteiger partial charge on any atom is -0.345 e. The number of carbonyl (C=O) groups excluding carboxylic acids is 1. The van der Waals surface area contributed by atoms with Crippen molar-refractivity contribution < 1.29 is 4.79 Å². The van der Waals surface area contributed by atoms with E-state index >= 15 is 0 Å². The van der Waals surface area contributed by atoms with E-state index in [0.29, 0.717) is 0 Å². The zero-order valence-corrected chi connectivity index (χ0v) is 11.3. The quantitative estimate of drug-likeness (QED) is 0.599. The van der Waals surface area contributed by atoms with Crippen LogP contribution < -0.4 is 0 Å². The molecule has 2 rings (SSSR count). The van der Waals surface area contributed by atoms with Crippen molar-refractivity contribution in [2.45, 2.75) is 6.92 Å². The fourth-order valence-electron chi connectivity index (χ4n) is 1.71. The Labute approximate surface area is 111 Å². The van der Waals surface area contributed by atoms with Crippen molar-refractivity contribution in [1.82, 2.24) is 4.57 Å². The van der Waals surface area contributed by atoms with Gasteiger partial charge in [0.1, 0.15) is 0 Å². The average molecular weight is 257 g/mol. The Hall–Kier alpha value is -1.87. The molecule has 0 aromatic carbocycles. The van der Waals surface area contributed by atoms with Crippen LogP contribution in [0.25, 0.3) is 12.2 Å². The molecule has 0 saturated heterocycles. The van der Waals surface area contributed by atoms with Crippen LogP contribution >= 0.6 is 11.3 Å². The maximum atomic E-state index is 11.8. The molecule has 2 aromatic heterocycles. The van der Waals surface area contributed by atoms with E-state index in [0.717, 1.165) is 17.0 Å². The van der Waals surface area contributed by atoms with Crippen LogP contribution in [0.2, 0.25) is 0 Å². The maximum absolute atomic E-state index is 11.8. The topological polar surface area (TPSA) is 22.0 Å². The van der Waals surface area contributed by atoms with Gasteiger partial charge in [-0.2, -0.15) is 11.3 Å². The van der Waals surface area contributed by atoms with Gasteiger partial charge in [0.25, 0.3) is 0 Å². The largest absolute Gasteiger partial charge is 0.345 e. The third-order valence-electron chi connectivity index (χ3n) is 2.75. The Bertz CT molecular complexity index is 588. The number of aromatic nitrogens is 1. The first-order valence-corrected chi connectivity index (χ1v) is 6.69. The predicted octanol–water partition coefficient (Wildman–Crippen LogP) is 4.02. The highest BCUT2D eigenvalue weighted by molar-refractivity contribution is 7.08. The number of thiophene rings is 1.